The van der Waals surface area contributed by atoms with Gasteiger partial charge in [-0.05, 0) is 50.5 Å². The molecule has 2 aliphatic heterocycles. The maximum absolute atomic E-state index is 13.4. The first-order chi connectivity index (χ1) is 19.0. The van der Waals surface area contributed by atoms with E-state index in [0.29, 0.717) is 37.4 Å². The summed E-state index contributed by atoms with van der Waals surface area (Å²) in [6.45, 7) is 7.45. The van der Waals surface area contributed by atoms with Crippen LogP contribution in [0.15, 0.2) is 85.1 Å². The smallest absolute Gasteiger partial charge is 0.223 e. The summed E-state index contributed by atoms with van der Waals surface area (Å²) in [5.74, 6) is 1.20. The molecule has 0 saturated carbocycles. The maximum Gasteiger partial charge on any atom is 0.223 e. The van der Waals surface area contributed by atoms with Gasteiger partial charge in [0.15, 0.2) is 5.75 Å². The number of aromatic nitrogens is 1. The number of hydrogen-bond acceptors (Lipinski definition) is 6. The van der Waals surface area contributed by atoms with Crippen LogP contribution in [0.4, 0.5) is 0 Å². The molecule has 2 aromatic rings. The molecule has 208 valence electrons. The van der Waals surface area contributed by atoms with Crippen molar-refractivity contribution in [2.45, 2.75) is 56.6 Å². The molecule has 0 N–H and O–H groups in total. The standard InChI is InChI=1S/C31H39N3O4S/c1-4-6-11-24(5-2)16-17-31(35)33-21-29(37-3)30(22-33)38-26-13-9-12-25(20-26)23-39(36)34-19-10-15-28(34)27-14-7-8-18-32-27/h4-9,11-14,18,20,28-30H,1,10,15-17,19,21-23H2,2-3H3/b11-6-,24-5+. The van der Waals surface area contributed by atoms with Gasteiger partial charge < -0.3 is 18.9 Å². The minimum atomic E-state index is -1.17. The summed E-state index contributed by atoms with van der Waals surface area (Å²) < 4.78 is 27.4. The van der Waals surface area contributed by atoms with Crippen molar-refractivity contribution in [2.24, 2.45) is 0 Å². The van der Waals surface area contributed by atoms with Crippen molar-refractivity contribution in [3.05, 3.63) is 96.4 Å². The zero-order chi connectivity index (χ0) is 27.6. The number of allylic oxidation sites excluding steroid dienone is 5. The Morgan fingerprint density at radius 1 is 1.21 bits per heavy atom. The number of methoxy groups -OCH3 is 1. The molecule has 3 heterocycles. The first-order valence-corrected chi connectivity index (χ1v) is 14.9. The van der Waals surface area contributed by atoms with Gasteiger partial charge in [0.05, 0.1) is 24.8 Å². The predicted octanol–water partition coefficient (Wildman–Crippen LogP) is 5.16. The molecule has 4 unspecified atom stereocenters. The number of benzene rings is 1. The van der Waals surface area contributed by atoms with Crippen molar-refractivity contribution in [1.82, 2.24) is 14.2 Å². The van der Waals surface area contributed by atoms with Gasteiger partial charge in [-0.3, -0.25) is 9.78 Å². The van der Waals surface area contributed by atoms with Crippen molar-refractivity contribution < 1.29 is 18.8 Å². The molecule has 2 aliphatic rings. The third kappa shape index (κ3) is 7.82. The quantitative estimate of drug-likeness (QED) is 0.269. The van der Waals surface area contributed by atoms with Gasteiger partial charge in [-0.25, -0.2) is 0 Å². The number of likely N-dealkylation sites (tertiary alicyclic amines) is 1. The highest BCUT2D eigenvalue weighted by Gasteiger charge is 2.38. The normalized spacial score (nSPS) is 22.9. The van der Waals surface area contributed by atoms with E-state index in [1.54, 1.807) is 19.4 Å². The fourth-order valence-electron chi connectivity index (χ4n) is 5.17. The predicted molar refractivity (Wildman–Crippen MR) is 155 cm³/mol. The number of carbonyl (C=O) groups excluding carboxylic acids is 1. The third-order valence-electron chi connectivity index (χ3n) is 7.29. The van der Waals surface area contributed by atoms with Gasteiger partial charge in [0.2, 0.25) is 5.91 Å². The summed E-state index contributed by atoms with van der Waals surface area (Å²) >= 11 is -1.17. The highest BCUT2D eigenvalue weighted by atomic mass is 32.2. The van der Waals surface area contributed by atoms with Gasteiger partial charge in [-0.15, -0.1) is 4.31 Å². The van der Waals surface area contributed by atoms with Crippen molar-refractivity contribution in [2.75, 3.05) is 26.7 Å². The van der Waals surface area contributed by atoms with Crippen LogP contribution < -0.4 is 4.74 Å². The van der Waals surface area contributed by atoms with Crippen LogP contribution in [-0.4, -0.2) is 63.6 Å². The average Bonchev–Trinajstić information content (AvgIpc) is 3.61. The summed E-state index contributed by atoms with van der Waals surface area (Å²) in [6.07, 6.45) is 12.0. The second-order valence-electron chi connectivity index (χ2n) is 9.85. The fraction of sp³-hybridized carbons (Fsp3) is 0.419. The molecule has 39 heavy (non-hydrogen) atoms. The highest BCUT2D eigenvalue weighted by Crippen LogP contribution is 2.34. The first kappa shape index (κ1) is 29.1. The summed E-state index contributed by atoms with van der Waals surface area (Å²) in [5.41, 5.74) is 3.03. The molecule has 4 rings (SSSR count). The average molecular weight is 550 g/mol. The van der Waals surface area contributed by atoms with E-state index in [-0.39, 0.29) is 24.2 Å². The Morgan fingerprint density at radius 2 is 2.05 bits per heavy atom. The Hall–Kier alpha value is -2.91. The Kier molecular flexibility index (Phi) is 10.8. The second kappa shape index (κ2) is 14.5. The van der Waals surface area contributed by atoms with Gasteiger partial charge in [-0.2, -0.15) is 0 Å². The molecule has 7 nitrogen and oxygen atoms in total. The zero-order valence-corrected chi connectivity index (χ0v) is 23.7. The minimum absolute atomic E-state index is 0.0813. The lowest BCUT2D eigenvalue weighted by Crippen LogP contribution is -2.32. The van der Waals surface area contributed by atoms with E-state index in [4.69, 9.17) is 9.47 Å². The summed E-state index contributed by atoms with van der Waals surface area (Å²) in [6, 6.07) is 13.7. The third-order valence-corrected chi connectivity index (χ3v) is 8.83. The van der Waals surface area contributed by atoms with Crippen LogP contribution in [0.25, 0.3) is 0 Å². The number of ether oxygens (including phenoxy) is 2. The Bertz CT molecular complexity index is 1160. The lowest BCUT2D eigenvalue weighted by atomic mass is 10.1. The van der Waals surface area contributed by atoms with E-state index in [1.165, 1.54) is 0 Å². The topological polar surface area (TPSA) is 78.0 Å². The molecule has 0 aliphatic carbocycles. The van der Waals surface area contributed by atoms with E-state index in [0.717, 1.165) is 36.2 Å². The highest BCUT2D eigenvalue weighted by molar-refractivity contribution is 7.88. The number of amides is 1. The van der Waals surface area contributed by atoms with E-state index in [9.17, 15) is 9.35 Å². The number of pyridine rings is 1. The van der Waals surface area contributed by atoms with Crippen LogP contribution in [0.1, 0.15) is 49.9 Å². The van der Waals surface area contributed by atoms with Crippen LogP contribution in [0.5, 0.6) is 5.75 Å². The molecular weight excluding hydrogens is 510 g/mol. The van der Waals surface area contributed by atoms with Crippen molar-refractivity contribution in [1.29, 1.82) is 0 Å². The van der Waals surface area contributed by atoms with Gasteiger partial charge in [0, 0.05) is 43.2 Å². The SMILES string of the molecule is C=C/C=C\C(=C/C)CCC(=O)N1CC(OC)C(Oc2cccc(C[S+]([O-])N3CCCC3c3ccccn3)c2)C1. The molecule has 8 heteroatoms. The van der Waals surface area contributed by atoms with Crippen molar-refractivity contribution in [3.63, 3.8) is 0 Å². The number of carbonyl (C=O) groups is 1. The van der Waals surface area contributed by atoms with Gasteiger partial charge in [0.1, 0.15) is 18.0 Å². The van der Waals surface area contributed by atoms with Crippen LogP contribution in [0.3, 0.4) is 0 Å². The van der Waals surface area contributed by atoms with E-state index < -0.39 is 11.4 Å². The molecule has 0 bridgehead atoms. The molecule has 1 amide bonds. The Morgan fingerprint density at radius 3 is 2.79 bits per heavy atom. The fourth-order valence-corrected chi connectivity index (χ4v) is 6.63. The lowest BCUT2D eigenvalue weighted by Gasteiger charge is -2.26. The molecule has 2 fully saturated rings. The minimum Gasteiger partial charge on any atom is -0.598 e. The summed E-state index contributed by atoms with van der Waals surface area (Å²) in [4.78, 5) is 19.3. The number of rotatable bonds is 12. The van der Waals surface area contributed by atoms with Crippen molar-refractivity contribution >= 4 is 17.3 Å². The maximum atomic E-state index is 13.4. The number of hydrogen-bond donors (Lipinski definition) is 0. The molecule has 0 radical (unpaired) electrons. The van der Waals surface area contributed by atoms with Gasteiger partial charge in [0.25, 0.3) is 0 Å². The summed E-state index contributed by atoms with van der Waals surface area (Å²) in [7, 11) is 1.65. The van der Waals surface area contributed by atoms with Crippen LogP contribution in [0, 0.1) is 0 Å². The first-order valence-electron chi connectivity index (χ1n) is 13.6. The van der Waals surface area contributed by atoms with Crippen LogP contribution in [0.2, 0.25) is 0 Å². The van der Waals surface area contributed by atoms with E-state index >= 15 is 0 Å². The van der Waals surface area contributed by atoms with E-state index in [2.05, 4.69) is 15.9 Å². The molecular formula is C31H39N3O4S. The Balaban J connectivity index is 1.34. The van der Waals surface area contributed by atoms with E-state index in [1.807, 2.05) is 72.5 Å². The number of nitrogens with zero attached hydrogens (tertiary/aromatic N) is 3. The monoisotopic (exact) mass is 549 g/mol. The molecule has 0 spiro atoms. The second-order valence-corrected chi connectivity index (χ2v) is 11.3. The molecule has 4 atom stereocenters. The summed E-state index contributed by atoms with van der Waals surface area (Å²) in [5, 5.41) is 0. The van der Waals surface area contributed by atoms with Crippen molar-refractivity contribution in [3.8, 4) is 5.75 Å². The molecule has 1 aromatic heterocycles. The van der Waals surface area contributed by atoms with Crippen LogP contribution in [-0.2, 0) is 26.6 Å². The molecule has 2 saturated heterocycles. The Labute approximate surface area is 235 Å². The molecule has 1 aromatic carbocycles. The van der Waals surface area contributed by atoms with Gasteiger partial charge >= 0.3 is 0 Å². The largest absolute Gasteiger partial charge is 0.598 e. The lowest BCUT2D eigenvalue weighted by molar-refractivity contribution is -0.130. The van der Waals surface area contributed by atoms with Gasteiger partial charge in [-0.1, -0.05) is 54.7 Å². The van der Waals surface area contributed by atoms with Crippen LogP contribution >= 0.6 is 0 Å². The zero-order valence-electron chi connectivity index (χ0n) is 22.9.